The van der Waals surface area contributed by atoms with Gasteiger partial charge in [0.25, 0.3) is 0 Å². The van der Waals surface area contributed by atoms with Crippen molar-refractivity contribution in [2.45, 2.75) is 13.0 Å². The Hall–Kier alpha value is -2.20. The third-order valence-electron chi connectivity index (χ3n) is 1.61. The molecule has 1 aromatic rings. The Morgan fingerprint density at radius 2 is 2.20 bits per heavy atom. The van der Waals surface area contributed by atoms with Crippen LogP contribution in [0.5, 0.6) is 5.75 Å². The number of para-hydroxylation sites is 1. The Kier molecular flexibility index (Phi) is 4.00. The van der Waals surface area contributed by atoms with Crippen molar-refractivity contribution in [2.75, 3.05) is 0 Å². The van der Waals surface area contributed by atoms with E-state index in [4.69, 9.17) is 10.3 Å². The average molecular weight is 206 g/mol. The van der Waals surface area contributed by atoms with E-state index < -0.39 is 12.0 Å². The highest BCUT2D eigenvalue weighted by molar-refractivity contribution is 5.77. The largest absolute Gasteiger partial charge is 0.423 e. The van der Waals surface area contributed by atoms with Crippen LogP contribution in [-0.2, 0) is 4.79 Å². The minimum absolute atomic E-state index is 0.456. The molecule has 78 valence electrons. The average Bonchev–Trinajstić information content (AvgIpc) is 2.27. The second-order valence-electron chi connectivity index (χ2n) is 2.77. The molecule has 1 rings (SSSR count). The van der Waals surface area contributed by atoms with Gasteiger partial charge in [0.15, 0.2) is 6.04 Å². The van der Waals surface area contributed by atoms with E-state index in [1.807, 2.05) is 6.07 Å². The van der Waals surface area contributed by atoms with Crippen molar-refractivity contribution in [3.8, 4) is 5.75 Å². The monoisotopic (exact) mass is 206 g/mol. The van der Waals surface area contributed by atoms with Gasteiger partial charge in [-0.1, -0.05) is 18.2 Å². The van der Waals surface area contributed by atoms with Crippen LogP contribution in [-0.4, -0.2) is 12.0 Å². The third-order valence-corrected chi connectivity index (χ3v) is 1.61. The summed E-state index contributed by atoms with van der Waals surface area (Å²) in [5.41, 5.74) is 10.3. The van der Waals surface area contributed by atoms with E-state index in [0.29, 0.717) is 5.75 Å². The molecule has 0 heterocycles. The summed E-state index contributed by atoms with van der Waals surface area (Å²) >= 11 is 0. The molecule has 0 spiro atoms. The summed E-state index contributed by atoms with van der Waals surface area (Å²) in [6, 6.07) is 7.98. The maximum atomic E-state index is 11.4. The van der Waals surface area contributed by atoms with Crippen LogP contribution in [0.25, 0.3) is 10.4 Å². The van der Waals surface area contributed by atoms with E-state index in [1.165, 1.54) is 0 Å². The molecule has 0 fully saturated rings. The minimum atomic E-state index is -0.680. The summed E-state index contributed by atoms with van der Waals surface area (Å²) in [4.78, 5) is 13.8. The summed E-state index contributed by atoms with van der Waals surface area (Å²) in [6.07, 6.45) is 0. The zero-order valence-electron chi connectivity index (χ0n) is 8.12. The number of hydrogen-bond acceptors (Lipinski definition) is 3. The molecule has 1 atom stereocenters. The van der Waals surface area contributed by atoms with E-state index in [1.54, 1.807) is 31.2 Å². The van der Waals surface area contributed by atoms with Crippen LogP contribution in [0.2, 0.25) is 0 Å². The van der Waals surface area contributed by atoms with Gasteiger partial charge in [-0.3, -0.25) is 0 Å². The van der Waals surface area contributed by atoms with E-state index in [2.05, 4.69) is 15.6 Å². The van der Waals surface area contributed by atoms with Crippen LogP contribution in [0.1, 0.15) is 6.92 Å². The van der Waals surface area contributed by atoms with Crippen LogP contribution in [0.3, 0.4) is 0 Å². The van der Waals surface area contributed by atoms with Crippen molar-refractivity contribution < 1.29 is 9.53 Å². The number of carbonyl (C=O) groups excluding carboxylic acids is 1. The van der Waals surface area contributed by atoms with E-state index in [-0.39, 0.29) is 0 Å². The predicted molar refractivity (Wildman–Crippen MR) is 53.8 cm³/mol. The molecule has 0 aliphatic carbocycles. The molecule has 15 heavy (non-hydrogen) atoms. The highest BCUT2D eigenvalue weighted by atomic mass is 16.5. The smallest absolute Gasteiger partial charge is 0.356 e. The zero-order valence-corrected chi connectivity index (χ0v) is 8.12. The van der Waals surface area contributed by atoms with Gasteiger partial charge in [-0.25, -0.2) is 10.2 Å². The fourth-order valence-corrected chi connectivity index (χ4v) is 0.858. The lowest BCUT2D eigenvalue weighted by Crippen LogP contribution is -2.33. The van der Waals surface area contributed by atoms with Crippen LogP contribution in [0.4, 0.5) is 0 Å². The number of esters is 1. The highest BCUT2D eigenvalue weighted by Gasteiger charge is 2.16. The van der Waals surface area contributed by atoms with Gasteiger partial charge in [0, 0.05) is 0 Å². The van der Waals surface area contributed by atoms with Crippen molar-refractivity contribution >= 4 is 5.97 Å². The number of rotatable bonds is 4. The molecule has 0 radical (unpaired) electrons. The normalized spacial score (nSPS) is 11.0. The molecule has 6 heteroatoms. The quantitative estimate of drug-likeness (QED) is 0.203. The Morgan fingerprint density at radius 3 is 2.80 bits per heavy atom. The summed E-state index contributed by atoms with van der Waals surface area (Å²) in [5.74, 6) is -0.0503. The van der Waals surface area contributed by atoms with E-state index >= 15 is 0 Å². The molecule has 1 aromatic carbocycles. The first kappa shape index (κ1) is 10.9. The fourth-order valence-electron chi connectivity index (χ4n) is 0.858. The summed E-state index contributed by atoms with van der Waals surface area (Å²) < 4.78 is 4.99. The third kappa shape index (κ3) is 3.58. The van der Waals surface area contributed by atoms with Gasteiger partial charge < -0.3 is 4.74 Å². The standard InChI is InChI=1S/C9H10N4O2/c1-7(11-13-12-10)9(14)15-8-5-3-2-4-6-8/h2-7,11H,1H3/t7-/m0/s1. The second-order valence-corrected chi connectivity index (χ2v) is 2.77. The van der Waals surface area contributed by atoms with Crippen molar-refractivity contribution in [1.29, 1.82) is 0 Å². The van der Waals surface area contributed by atoms with Crippen LogP contribution in [0.15, 0.2) is 35.6 Å². The molecule has 0 amide bonds. The van der Waals surface area contributed by atoms with Gasteiger partial charge in [-0.05, 0) is 24.3 Å². The molecule has 0 saturated carbocycles. The Balaban J connectivity index is 2.52. The number of carbonyl (C=O) groups is 1. The molecule has 1 N–H and O–H groups in total. The predicted octanol–water partition coefficient (Wildman–Crippen LogP) is 1.80. The Labute approximate surface area is 86.5 Å². The van der Waals surface area contributed by atoms with Gasteiger partial charge >= 0.3 is 5.97 Å². The summed E-state index contributed by atoms with van der Waals surface area (Å²) in [5, 5.41) is 3.06. The van der Waals surface area contributed by atoms with Gasteiger partial charge in [-0.15, -0.1) is 5.53 Å². The number of nitrogens with zero attached hydrogens (tertiary/aromatic N) is 3. The van der Waals surface area contributed by atoms with Gasteiger partial charge in [0.1, 0.15) is 5.75 Å². The molecule has 6 nitrogen and oxygen atoms in total. The number of ether oxygens (including phenoxy) is 1. The molecule has 0 aromatic heterocycles. The number of benzene rings is 1. The van der Waals surface area contributed by atoms with Crippen molar-refractivity contribution in [3.63, 3.8) is 0 Å². The van der Waals surface area contributed by atoms with Crippen molar-refractivity contribution in [1.82, 2.24) is 5.43 Å². The topological polar surface area (TPSA) is 87.1 Å². The molecule has 0 saturated heterocycles. The van der Waals surface area contributed by atoms with Gasteiger partial charge in [0.05, 0.1) is 0 Å². The van der Waals surface area contributed by atoms with Crippen molar-refractivity contribution in [2.24, 2.45) is 5.22 Å². The number of hydrogen-bond donors (Lipinski definition) is 1. The molecular formula is C9H10N4O2. The molecule has 0 unspecified atom stereocenters. The first-order valence-corrected chi connectivity index (χ1v) is 4.30. The summed E-state index contributed by atoms with van der Waals surface area (Å²) in [6.45, 7) is 1.54. The Bertz CT molecular complexity index is 373. The first-order chi connectivity index (χ1) is 7.24. The molecule has 0 aliphatic rings. The number of azide groups is 1. The van der Waals surface area contributed by atoms with E-state index in [9.17, 15) is 4.79 Å². The highest BCUT2D eigenvalue weighted by Crippen LogP contribution is 2.09. The minimum Gasteiger partial charge on any atom is -0.423 e. The Morgan fingerprint density at radius 1 is 1.53 bits per heavy atom. The molecular weight excluding hydrogens is 196 g/mol. The van der Waals surface area contributed by atoms with Crippen LogP contribution >= 0.6 is 0 Å². The van der Waals surface area contributed by atoms with Gasteiger partial charge in [0.2, 0.25) is 0 Å². The lowest BCUT2D eigenvalue weighted by Gasteiger charge is -2.07. The SMILES string of the molecule is C[C@H](NN=[N+]=[N-])C(=O)Oc1ccccc1. The molecule has 0 bridgehead atoms. The van der Waals surface area contributed by atoms with E-state index in [0.717, 1.165) is 0 Å². The lowest BCUT2D eigenvalue weighted by atomic mass is 10.3. The maximum absolute atomic E-state index is 11.4. The fraction of sp³-hybridized carbons (Fsp3) is 0.222. The molecule has 0 aliphatic heterocycles. The van der Waals surface area contributed by atoms with Gasteiger partial charge in [-0.2, -0.15) is 4.91 Å². The maximum Gasteiger partial charge on any atom is 0.356 e. The first-order valence-electron chi connectivity index (χ1n) is 4.30. The van der Waals surface area contributed by atoms with Crippen LogP contribution < -0.4 is 10.2 Å². The zero-order chi connectivity index (χ0) is 11.1. The number of nitrogens with one attached hydrogen (secondary N) is 1. The lowest BCUT2D eigenvalue weighted by molar-refractivity contribution is -0.136. The van der Waals surface area contributed by atoms with Crippen molar-refractivity contribution in [3.05, 3.63) is 40.8 Å². The van der Waals surface area contributed by atoms with Crippen LogP contribution in [0, 0.1) is 0 Å². The summed E-state index contributed by atoms with van der Waals surface area (Å²) in [7, 11) is 0. The second kappa shape index (κ2) is 5.51.